The van der Waals surface area contributed by atoms with Gasteiger partial charge in [0.05, 0.1) is 11.4 Å². The number of thiophene rings is 1. The summed E-state index contributed by atoms with van der Waals surface area (Å²) in [7, 11) is 0. The van der Waals surface area contributed by atoms with Crippen molar-refractivity contribution in [2.75, 3.05) is 4.90 Å². The number of anilines is 3. The van der Waals surface area contributed by atoms with Crippen LogP contribution in [0.5, 0.6) is 0 Å². The van der Waals surface area contributed by atoms with Crippen molar-refractivity contribution in [1.82, 2.24) is 0 Å². The van der Waals surface area contributed by atoms with Crippen LogP contribution in [0.2, 0.25) is 0 Å². The predicted molar refractivity (Wildman–Crippen MR) is 202 cm³/mol. The van der Waals surface area contributed by atoms with Gasteiger partial charge in [-0.2, -0.15) is 0 Å². The predicted octanol–water partition coefficient (Wildman–Crippen LogP) is 13.4. The molecule has 0 amide bonds. The molecule has 2 nitrogen and oxygen atoms in total. The van der Waals surface area contributed by atoms with Crippen molar-refractivity contribution in [3.63, 3.8) is 0 Å². The summed E-state index contributed by atoms with van der Waals surface area (Å²) in [6.45, 7) is 0. The standard InChI is InChI=1S/C44H27NOS/c1-3-14-31-28(11-1)13-9-20-38(31)45(30-24-26-42-37(27-30)34-17-6-8-22-41(34)47-42)39-19-7-5-16-33(39)35-18-10-21-40-43(35)36-25-23-29-12-2-4-15-32(29)44(36)46-40/h1-27H. The molecule has 2 heterocycles. The number of furan rings is 1. The summed E-state index contributed by atoms with van der Waals surface area (Å²) in [5.74, 6) is 0. The van der Waals surface area contributed by atoms with E-state index in [1.54, 1.807) is 0 Å². The third kappa shape index (κ3) is 4.04. The van der Waals surface area contributed by atoms with E-state index in [2.05, 4.69) is 169 Å². The highest BCUT2D eigenvalue weighted by molar-refractivity contribution is 7.25. The van der Waals surface area contributed by atoms with Crippen molar-refractivity contribution in [2.24, 2.45) is 0 Å². The van der Waals surface area contributed by atoms with E-state index in [1.807, 2.05) is 11.3 Å². The lowest BCUT2D eigenvalue weighted by Gasteiger charge is -2.29. The summed E-state index contributed by atoms with van der Waals surface area (Å²) in [4.78, 5) is 2.44. The second-order valence-corrected chi connectivity index (χ2v) is 13.2. The normalized spacial score (nSPS) is 11.8. The molecule has 0 aliphatic heterocycles. The highest BCUT2D eigenvalue weighted by Gasteiger charge is 2.22. The van der Waals surface area contributed by atoms with Gasteiger partial charge in [-0.05, 0) is 64.9 Å². The maximum atomic E-state index is 6.62. The van der Waals surface area contributed by atoms with Crippen LogP contribution in [0.1, 0.15) is 0 Å². The zero-order valence-corrected chi connectivity index (χ0v) is 26.2. The van der Waals surface area contributed by atoms with E-state index in [4.69, 9.17) is 4.42 Å². The number of hydrogen-bond acceptors (Lipinski definition) is 3. The van der Waals surface area contributed by atoms with E-state index in [0.717, 1.165) is 55.5 Å². The minimum Gasteiger partial charge on any atom is -0.455 e. The Balaban J connectivity index is 1.28. The summed E-state index contributed by atoms with van der Waals surface area (Å²) in [6.07, 6.45) is 0. The topological polar surface area (TPSA) is 16.4 Å². The van der Waals surface area contributed by atoms with Crippen molar-refractivity contribution in [3.8, 4) is 11.1 Å². The highest BCUT2D eigenvalue weighted by atomic mass is 32.1. The van der Waals surface area contributed by atoms with Gasteiger partial charge in [-0.15, -0.1) is 11.3 Å². The van der Waals surface area contributed by atoms with E-state index in [1.165, 1.54) is 36.3 Å². The van der Waals surface area contributed by atoms with Gasteiger partial charge in [0.2, 0.25) is 0 Å². The Morgan fingerprint density at radius 3 is 2.00 bits per heavy atom. The minimum absolute atomic E-state index is 0.895. The Morgan fingerprint density at radius 1 is 0.426 bits per heavy atom. The first kappa shape index (κ1) is 26.3. The third-order valence-electron chi connectivity index (χ3n) is 9.45. The second kappa shape index (κ2) is 10.3. The number of hydrogen-bond donors (Lipinski definition) is 0. The summed E-state index contributed by atoms with van der Waals surface area (Å²) >= 11 is 1.85. The Hall–Kier alpha value is -5.90. The first-order chi connectivity index (χ1) is 23.3. The molecular formula is C44H27NOS. The number of para-hydroxylation sites is 1. The third-order valence-corrected chi connectivity index (χ3v) is 10.6. The average molecular weight is 618 g/mol. The minimum atomic E-state index is 0.895. The highest BCUT2D eigenvalue weighted by Crippen LogP contribution is 2.48. The van der Waals surface area contributed by atoms with Crippen molar-refractivity contribution in [2.45, 2.75) is 0 Å². The summed E-state index contributed by atoms with van der Waals surface area (Å²) < 4.78 is 9.23. The van der Waals surface area contributed by atoms with Crippen LogP contribution >= 0.6 is 11.3 Å². The lowest BCUT2D eigenvalue weighted by molar-refractivity contribution is 0.673. The molecular weight excluding hydrogens is 591 g/mol. The molecule has 0 saturated heterocycles. The molecule has 0 radical (unpaired) electrons. The van der Waals surface area contributed by atoms with Gasteiger partial charge in [0.15, 0.2) is 0 Å². The Bertz CT molecular complexity index is 2820. The first-order valence-corrected chi connectivity index (χ1v) is 16.7. The maximum Gasteiger partial charge on any atom is 0.143 e. The molecule has 47 heavy (non-hydrogen) atoms. The molecule has 2 aromatic heterocycles. The quantitative estimate of drug-likeness (QED) is 0.195. The average Bonchev–Trinajstić information content (AvgIpc) is 3.71. The van der Waals surface area contributed by atoms with Crippen LogP contribution in [-0.4, -0.2) is 0 Å². The van der Waals surface area contributed by atoms with Gasteiger partial charge in [0.1, 0.15) is 11.2 Å². The molecule has 10 aromatic rings. The molecule has 0 atom stereocenters. The molecule has 0 bridgehead atoms. The molecule has 0 fully saturated rings. The first-order valence-electron chi connectivity index (χ1n) is 15.9. The Kier molecular flexibility index (Phi) is 5.78. The van der Waals surface area contributed by atoms with Crippen LogP contribution in [0.25, 0.3) is 74.8 Å². The largest absolute Gasteiger partial charge is 0.455 e. The molecule has 0 saturated carbocycles. The molecule has 0 N–H and O–H groups in total. The molecule has 220 valence electrons. The number of rotatable bonds is 4. The summed E-state index contributed by atoms with van der Waals surface area (Å²) in [5, 5.41) is 9.57. The molecule has 0 aliphatic rings. The number of nitrogens with zero attached hydrogens (tertiary/aromatic N) is 1. The van der Waals surface area contributed by atoms with Crippen molar-refractivity contribution in [1.29, 1.82) is 0 Å². The molecule has 0 aliphatic carbocycles. The lowest BCUT2D eigenvalue weighted by atomic mass is 9.95. The fraction of sp³-hybridized carbons (Fsp3) is 0. The van der Waals surface area contributed by atoms with Gasteiger partial charge in [-0.3, -0.25) is 0 Å². The number of benzene rings is 8. The van der Waals surface area contributed by atoms with Gasteiger partial charge in [-0.25, -0.2) is 0 Å². The lowest BCUT2D eigenvalue weighted by Crippen LogP contribution is -2.11. The number of fused-ring (bicyclic) bond motifs is 9. The van der Waals surface area contributed by atoms with Crippen molar-refractivity contribution in [3.05, 3.63) is 164 Å². The van der Waals surface area contributed by atoms with Crippen molar-refractivity contribution < 1.29 is 4.42 Å². The second-order valence-electron chi connectivity index (χ2n) is 12.1. The molecule has 0 spiro atoms. The van der Waals surface area contributed by atoms with Crippen LogP contribution in [0.4, 0.5) is 17.1 Å². The van der Waals surface area contributed by atoms with Crippen LogP contribution in [-0.2, 0) is 0 Å². The van der Waals surface area contributed by atoms with Crippen LogP contribution in [0.3, 0.4) is 0 Å². The van der Waals surface area contributed by atoms with E-state index < -0.39 is 0 Å². The summed E-state index contributed by atoms with van der Waals surface area (Å²) in [5.41, 5.74) is 7.52. The zero-order chi connectivity index (χ0) is 30.9. The fourth-order valence-electron chi connectivity index (χ4n) is 7.34. The zero-order valence-electron chi connectivity index (χ0n) is 25.4. The van der Waals surface area contributed by atoms with Crippen molar-refractivity contribution >= 4 is 92.1 Å². The smallest absolute Gasteiger partial charge is 0.143 e. The Morgan fingerprint density at radius 2 is 1.09 bits per heavy atom. The Labute approximate surface area is 275 Å². The van der Waals surface area contributed by atoms with Crippen LogP contribution < -0.4 is 4.90 Å². The van der Waals surface area contributed by atoms with E-state index in [0.29, 0.717) is 0 Å². The van der Waals surface area contributed by atoms with E-state index in [-0.39, 0.29) is 0 Å². The SMILES string of the molecule is c1ccc(N(c2ccc3sc4ccccc4c3c2)c2cccc3ccccc23)c(-c2cccc3oc4c5ccccc5ccc4c23)c1. The monoisotopic (exact) mass is 617 g/mol. The van der Waals surface area contributed by atoms with Gasteiger partial charge in [-0.1, -0.05) is 115 Å². The fourth-order valence-corrected chi connectivity index (χ4v) is 8.43. The van der Waals surface area contributed by atoms with Gasteiger partial charge in [0, 0.05) is 53.0 Å². The maximum absolute atomic E-state index is 6.62. The van der Waals surface area contributed by atoms with Crippen LogP contribution in [0, 0.1) is 0 Å². The van der Waals surface area contributed by atoms with Gasteiger partial charge >= 0.3 is 0 Å². The van der Waals surface area contributed by atoms with Gasteiger partial charge < -0.3 is 9.32 Å². The molecule has 3 heteroatoms. The van der Waals surface area contributed by atoms with E-state index in [9.17, 15) is 0 Å². The van der Waals surface area contributed by atoms with E-state index >= 15 is 0 Å². The molecule has 8 aromatic carbocycles. The molecule has 10 rings (SSSR count). The summed E-state index contributed by atoms with van der Waals surface area (Å²) in [6, 6.07) is 59.1. The molecule has 0 unspecified atom stereocenters. The van der Waals surface area contributed by atoms with Gasteiger partial charge in [0.25, 0.3) is 0 Å². The van der Waals surface area contributed by atoms with Crippen LogP contribution in [0.15, 0.2) is 168 Å².